The number of hydrogen-bond donors (Lipinski definition) is 2. The van der Waals surface area contributed by atoms with Crippen molar-refractivity contribution in [3.05, 3.63) is 52.2 Å². The summed E-state index contributed by atoms with van der Waals surface area (Å²) in [5.41, 5.74) is 9.22. The van der Waals surface area contributed by atoms with Crippen molar-refractivity contribution in [2.45, 2.75) is 25.9 Å². The Bertz CT molecular complexity index is 641. The van der Waals surface area contributed by atoms with E-state index in [4.69, 9.17) is 5.73 Å². The van der Waals surface area contributed by atoms with Crippen LogP contribution < -0.4 is 11.1 Å². The molecule has 1 fully saturated rings. The van der Waals surface area contributed by atoms with Gasteiger partial charge < -0.3 is 11.1 Å². The second-order valence-electron chi connectivity index (χ2n) is 6.12. The first-order chi connectivity index (χ1) is 11.2. The average molecular weight is 329 g/mol. The lowest BCUT2D eigenvalue weighted by atomic mass is 9.97. The second kappa shape index (κ2) is 7.62. The third-order valence-corrected chi connectivity index (χ3v) is 5.11. The molecule has 3 N–H and O–H groups in total. The maximum absolute atomic E-state index is 11.4. The van der Waals surface area contributed by atoms with Crippen LogP contribution in [0, 0.1) is 5.92 Å². The molecule has 1 aliphatic heterocycles. The number of amides is 1. The zero-order valence-corrected chi connectivity index (χ0v) is 14.0. The summed E-state index contributed by atoms with van der Waals surface area (Å²) in [6.07, 6.45) is 1.96. The van der Waals surface area contributed by atoms with Crippen molar-refractivity contribution < 1.29 is 4.79 Å². The SMILES string of the molecule is NC(=O)[C@@H]1CCCN(Cc2ccccc2NCc2ccsc2)C1. The third kappa shape index (κ3) is 4.33. The summed E-state index contributed by atoms with van der Waals surface area (Å²) in [5.74, 6) is -0.173. The number of likely N-dealkylation sites (tertiary alicyclic amines) is 1. The molecule has 5 heteroatoms. The second-order valence-corrected chi connectivity index (χ2v) is 6.90. The number of primary amides is 1. The number of nitrogens with one attached hydrogen (secondary N) is 1. The molecule has 122 valence electrons. The number of piperidine rings is 1. The molecule has 1 amide bonds. The first kappa shape index (κ1) is 16.0. The summed E-state index contributed by atoms with van der Waals surface area (Å²) < 4.78 is 0. The van der Waals surface area contributed by atoms with Crippen molar-refractivity contribution in [3.63, 3.8) is 0 Å². The van der Waals surface area contributed by atoms with Gasteiger partial charge in [-0.25, -0.2) is 0 Å². The van der Waals surface area contributed by atoms with Gasteiger partial charge in [-0.1, -0.05) is 18.2 Å². The van der Waals surface area contributed by atoms with E-state index in [0.29, 0.717) is 0 Å². The molecule has 2 aromatic rings. The number of carbonyl (C=O) groups excluding carboxylic acids is 1. The number of hydrogen-bond acceptors (Lipinski definition) is 4. The highest BCUT2D eigenvalue weighted by atomic mass is 32.1. The highest BCUT2D eigenvalue weighted by Gasteiger charge is 2.24. The molecule has 1 atom stereocenters. The molecule has 23 heavy (non-hydrogen) atoms. The first-order valence-electron chi connectivity index (χ1n) is 8.07. The molecule has 0 bridgehead atoms. The van der Waals surface area contributed by atoms with Crippen LogP contribution in [0.15, 0.2) is 41.1 Å². The number of benzene rings is 1. The van der Waals surface area contributed by atoms with Gasteiger partial charge in [0.1, 0.15) is 0 Å². The molecule has 1 aromatic carbocycles. The summed E-state index contributed by atoms with van der Waals surface area (Å²) in [4.78, 5) is 13.8. The first-order valence-corrected chi connectivity index (χ1v) is 9.01. The van der Waals surface area contributed by atoms with E-state index in [0.717, 1.165) is 39.0 Å². The Kier molecular flexibility index (Phi) is 5.31. The van der Waals surface area contributed by atoms with Crippen LogP contribution in [-0.2, 0) is 17.9 Å². The number of nitrogens with two attached hydrogens (primary N) is 1. The summed E-state index contributed by atoms with van der Waals surface area (Å²) in [7, 11) is 0. The standard InChI is InChI=1S/C18H23N3OS/c19-18(22)16-5-3-8-21(12-16)11-15-4-1-2-6-17(15)20-10-14-7-9-23-13-14/h1-2,4,6-7,9,13,16,20H,3,5,8,10-12H2,(H2,19,22)/t16-/m1/s1. The molecule has 0 radical (unpaired) electrons. The number of thiophene rings is 1. The number of rotatable bonds is 6. The van der Waals surface area contributed by atoms with Gasteiger partial charge in [0.25, 0.3) is 0 Å². The highest BCUT2D eigenvalue weighted by Crippen LogP contribution is 2.22. The summed E-state index contributed by atoms with van der Waals surface area (Å²) in [5, 5.41) is 7.79. The summed E-state index contributed by atoms with van der Waals surface area (Å²) in [6, 6.07) is 10.5. The minimum atomic E-state index is -0.168. The van der Waals surface area contributed by atoms with Crippen LogP contribution in [0.1, 0.15) is 24.0 Å². The van der Waals surface area contributed by atoms with Gasteiger partial charge in [-0.3, -0.25) is 9.69 Å². The lowest BCUT2D eigenvalue weighted by molar-refractivity contribution is -0.123. The van der Waals surface area contributed by atoms with Gasteiger partial charge in [-0.2, -0.15) is 11.3 Å². The van der Waals surface area contributed by atoms with Crippen LogP contribution in [0.25, 0.3) is 0 Å². The molecule has 0 spiro atoms. The molecular formula is C18H23N3OS. The van der Waals surface area contributed by atoms with Crippen molar-refractivity contribution in [2.24, 2.45) is 11.7 Å². The van der Waals surface area contributed by atoms with Gasteiger partial charge in [-0.15, -0.1) is 0 Å². The van der Waals surface area contributed by atoms with Gasteiger partial charge in [0.05, 0.1) is 5.92 Å². The largest absolute Gasteiger partial charge is 0.381 e. The fourth-order valence-electron chi connectivity index (χ4n) is 3.09. The number of carbonyl (C=O) groups is 1. The van der Waals surface area contributed by atoms with Crippen LogP contribution in [0.4, 0.5) is 5.69 Å². The Hall–Kier alpha value is -1.85. The summed E-state index contributed by atoms with van der Waals surface area (Å²) in [6.45, 7) is 3.50. The van der Waals surface area contributed by atoms with Crippen LogP contribution in [0.5, 0.6) is 0 Å². The highest BCUT2D eigenvalue weighted by molar-refractivity contribution is 7.07. The van der Waals surface area contributed by atoms with Gasteiger partial charge >= 0.3 is 0 Å². The van der Waals surface area contributed by atoms with E-state index in [-0.39, 0.29) is 11.8 Å². The number of nitrogens with zero attached hydrogens (tertiary/aromatic N) is 1. The van der Waals surface area contributed by atoms with Gasteiger partial charge in [0, 0.05) is 25.3 Å². The van der Waals surface area contributed by atoms with Crippen LogP contribution in [-0.4, -0.2) is 23.9 Å². The molecule has 0 saturated carbocycles. The smallest absolute Gasteiger partial charge is 0.221 e. The lowest BCUT2D eigenvalue weighted by Crippen LogP contribution is -2.40. The van der Waals surface area contributed by atoms with Crippen molar-refractivity contribution in [1.29, 1.82) is 0 Å². The van der Waals surface area contributed by atoms with Crippen LogP contribution >= 0.6 is 11.3 Å². The number of anilines is 1. The van der Waals surface area contributed by atoms with Crippen molar-refractivity contribution in [1.82, 2.24) is 4.90 Å². The predicted octanol–water partition coefficient (Wildman–Crippen LogP) is 3.06. The quantitative estimate of drug-likeness (QED) is 0.856. The Morgan fingerprint density at radius 2 is 2.22 bits per heavy atom. The fourth-order valence-corrected chi connectivity index (χ4v) is 3.76. The minimum Gasteiger partial charge on any atom is -0.381 e. The van der Waals surface area contributed by atoms with Crippen LogP contribution in [0.2, 0.25) is 0 Å². The van der Waals surface area contributed by atoms with E-state index >= 15 is 0 Å². The average Bonchev–Trinajstić information content (AvgIpc) is 3.08. The van der Waals surface area contributed by atoms with E-state index in [1.165, 1.54) is 16.8 Å². The van der Waals surface area contributed by atoms with Crippen LogP contribution in [0.3, 0.4) is 0 Å². The number of para-hydroxylation sites is 1. The van der Waals surface area contributed by atoms with E-state index in [9.17, 15) is 4.79 Å². The minimum absolute atomic E-state index is 0.00493. The molecular weight excluding hydrogens is 306 g/mol. The zero-order valence-electron chi connectivity index (χ0n) is 13.2. The molecule has 0 unspecified atom stereocenters. The van der Waals surface area contributed by atoms with Gasteiger partial charge in [-0.05, 0) is 53.4 Å². The third-order valence-electron chi connectivity index (χ3n) is 4.38. The summed E-state index contributed by atoms with van der Waals surface area (Å²) >= 11 is 1.72. The van der Waals surface area contributed by atoms with Gasteiger partial charge in [0.2, 0.25) is 5.91 Å². The Morgan fingerprint density at radius 3 is 3.00 bits per heavy atom. The van der Waals surface area contributed by atoms with Crippen molar-refractivity contribution in [2.75, 3.05) is 18.4 Å². The topological polar surface area (TPSA) is 58.4 Å². The fraction of sp³-hybridized carbons (Fsp3) is 0.389. The van der Waals surface area contributed by atoms with Gasteiger partial charge in [0.15, 0.2) is 0 Å². The Morgan fingerprint density at radius 1 is 1.35 bits per heavy atom. The van der Waals surface area contributed by atoms with E-state index < -0.39 is 0 Å². The molecule has 4 nitrogen and oxygen atoms in total. The maximum atomic E-state index is 11.4. The molecule has 2 heterocycles. The van der Waals surface area contributed by atoms with Crippen molar-refractivity contribution >= 4 is 22.9 Å². The monoisotopic (exact) mass is 329 g/mol. The van der Waals surface area contributed by atoms with Crippen molar-refractivity contribution in [3.8, 4) is 0 Å². The van der Waals surface area contributed by atoms with E-state index in [2.05, 4.69) is 51.3 Å². The lowest BCUT2D eigenvalue weighted by Gasteiger charge is -2.31. The maximum Gasteiger partial charge on any atom is 0.221 e. The normalized spacial score (nSPS) is 18.7. The molecule has 1 aromatic heterocycles. The molecule has 1 aliphatic rings. The van der Waals surface area contributed by atoms with E-state index in [1.54, 1.807) is 11.3 Å². The molecule has 0 aliphatic carbocycles. The van der Waals surface area contributed by atoms with E-state index in [1.807, 2.05) is 0 Å². The zero-order chi connectivity index (χ0) is 16.1. The Balaban J connectivity index is 1.64. The molecule has 1 saturated heterocycles. The molecule has 3 rings (SSSR count). The Labute approximate surface area is 141 Å². The predicted molar refractivity (Wildman–Crippen MR) is 95.3 cm³/mol.